The largest absolute Gasteiger partial charge is 0.393 e. The van der Waals surface area contributed by atoms with E-state index >= 15 is 0 Å². The zero-order valence-electron chi connectivity index (χ0n) is 10.3. The van der Waals surface area contributed by atoms with E-state index in [9.17, 15) is 9.90 Å². The summed E-state index contributed by atoms with van der Waals surface area (Å²) in [6.07, 6.45) is 3.01. The fraction of sp³-hybridized carbons (Fsp3) is 0.769. The summed E-state index contributed by atoms with van der Waals surface area (Å²) in [7, 11) is 0. The highest BCUT2D eigenvalue weighted by Crippen LogP contribution is 2.40. The van der Waals surface area contributed by atoms with Crippen molar-refractivity contribution in [3.8, 4) is 0 Å². The third kappa shape index (κ3) is 2.91. The van der Waals surface area contributed by atoms with E-state index in [1.54, 1.807) is 6.92 Å². The Morgan fingerprint density at radius 2 is 2.13 bits per heavy atom. The van der Waals surface area contributed by atoms with E-state index in [-0.39, 0.29) is 17.6 Å². The lowest BCUT2D eigenvalue weighted by Crippen LogP contribution is -2.27. The third-order valence-electron chi connectivity index (χ3n) is 3.22. The van der Waals surface area contributed by atoms with Gasteiger partial charge >= 0.3 is 0 Å². The molecule has 0 saturated carbocycles. The molecule has 1 rings (SSSR count). The summed E-state index contributed by atoms with van der Waals surface area (Å²) < 4.78 is 0. The van der Waals surface area contributed by atoms with Crippen LogP contribution in [0.25, 0.3) is 0 Å². The van der Waals surface area contributed by atoms with Crippen molar-refractivity contribution in [2.24, 2.45) is 5.41 Å². The predicted octanol–water partition coefficient (Wildman–Crippen LogP) is 2.85. The number of ketones is 1. The van der Waals surface area contributed by atoms with Crippen LogP contribution in [0.4, 0.5) is 0 Å². The van der Waals surface area contributed by atoms with Crippen LogP contribution in [0, 0.1) is 5.41 Å². The van der Waals surface area contributed by atoms with Crippen molar-refractivity contribution >= 4 is 5.78 Å². The Morgan fingerprint density at radius 1 is 1.53 bits per heavy atom. The van der Waals surface area contributed by atoms with Crippen LogP contribution in [0.3, 0.4) is 0 Å². The first kappa shape index (κ1) is 12.4. The van der Waals surface area contributed by atoms with Crippen LogP contribution in [0.15, 0.2) is 11.1 Å². The van der Waals surface area contributed by atoms with Crippen LogP contribution in [-0.4, -0.2) is 17.0 Å². The molecule has 0 amide bonds. The van der Waals surface area contributed by atoms with Crippen molar-refractivity contribution in [2.75, 3.05) is 0 Å². The van der Waals surface area contributed by atoms with E-state index in [1.807, 2.05) is 0 Å². The highest BCUT2D eigenvalue weighted by Gasteiger charge is 2.32. The van der Waals surface area contributed by atoms with Gasteiger partial charge in [0, 0.05) is 6.42 Å². The van der Waals surface area contributed by atoms with Crippen molar-refractivity contribution in [3.05, 3.63) is 11.1 Å². The van der Waals surface area contributed by atoms with Crippen LogP contribution >= 0.6 is 0 Å². The number of carbonyl (C=O) groups excluding carboxylic acids is 1. The number of aliphatic hydroxyl groups excluding tert-OH is 1. The van der Waals surface area contributed by atoms with Gasteiger partial charge in [-0.1, -0.05) is 19.4 Å². The van der Waals surface area contributed by atoms with Crippen molar-refractivity contribution in [3.63, 3.8) is 0 Å². The summed E-state index contributed by atoms with van der Waals surface area (Å²) in [5.74, 6) is 0.132. The summed E-state index contributed by atoms with van der Waals surface area (Å²) in [5.41, 5.74) is 2.18. The Morgan fingerprint density at radius 3 is 2.60 bits per heavy atom. The summed E-state index contributed by atoms with van der Waals surface area (Å²) in [6, 6.07) is 0. The van der Waals surface area contributed by atoms with Gasteiger partial charge in [-0.3, -0.25) is 4.79 Å². The Balaban J connectivity index is 2.93. The molecule has 1 N–H and O–H groups in total. The number of Topliss-reactive ketones (excluding diaryl/α,β-unsaturated/α-hetero) is 1. The number of hydrogen-bond donors (Lipinski definition) is 1. The van der Waals surface area contributed by atoms with Gasteiger partial charge in [-0.2, -0.15) is 0 Å². The molecule has 0 fully saturated rings. The van der Waals surface area contributed by atoms with Crippen molar-refractivity contribution in [1.29, 1.82) is 0 Å². The Hall–Kier alpha value is -0.630. The maximum absolute atomic E-state index is 12.0. The molecule has 0 spiro atoms. The molecule has 0 saturated heterocycles. The number of aliphatic hydroxyl groups is 1. The monoisotopic (exact) mass is 210 g/mol. The average molecular weight is 210 g/mol. The Labute approximate surface area is 92.4 Å². The molecule has 0 aromatic heterocycles. The topological polar surface area (TPSA) is 37.3 Å². The smallest absolute Gasteiger partial charge is 0.161 e. The Kier molecular flexibility index (Phi) is 3.72. The second-order valence-electron chi connectivity index (χ2n) is 5.37. The number of allylic oxidation sites excluding steroid dienone is 2. The summed E-state index contributed by atoms with van der Waals surface area (Å²) in [4.78, 5) is 12.0. The molecule has 0 radical (unpaired) electrons. The molecule has 1 unspecified atom stereocenters. The molecule has 0 bridgehead atoms. The normalized spacial score (nSPS) is 22.7. The summed E-state index contributed by atoms with van der Waals surface area (Å²) >= 11 is 0. The second kappa shape index (κ2) is 4.48. The highest BCUT2D eigenvalue weighted by molar-refractivity contribution is 5.97. The first-order valence-corrected chi connectivity index (χ1v) is 5.76. The number of carbonyl (C=O) groups is 1. The standard InChI is InChI=1S/C13H22O2/c1-9-6-5-7-13(3,4)12(9)11(15)8-10(2)14/h10,14H,5-8H2,1-4H3. The number of hydrogen-bond acceptors (Lipinski definition) is 2. The molecule has 0 aromatic carbocycles. The summed E-state index contributed by atoms with van der Waals surface area (Å²) in [5, 5.41) is 9.27. The lowest BCUT2D eigenvalue weighted by molar-refractivity contribution is -0.118. The van der Waals surface area contributed by atoms with E-state index in [4.69, 9.17) is 0 Å². The first-order valence-electron chi connectivity index (χ1n) is 5.76. The van der Waals surface area contributed by atoms with Gasteiger partial charge in [-0.05, 0) is 44.1 Å². The lowest BCUT2D eigenvalue weighted by atomic mass is 9.70. The molecule has 15 heavy (non-hydrogen) atoms. The zero-order chi connectivity index (χ0) is 11.6. The Bertz CT molecular complexity index is 285. The minimum Gasteiger partial charge on any atom is -0.393 e. The minimum atomic E-state index is -0.532. The van der Waals surface area contributed by atoms with Crippen molar-refractivity contribution < 1.29 is 9.90 Å². The number of rotatable bonds is 3. The quantitative estimate of drug-likeness (QED) is 0.777. The van der Waals surface area contributed by atoms with Crippen LogP contribution < -0.4 is 0 Å². The maximum Gasteiger partial charge on any atom is 0.161 e. The molecule has 0 aromatic rings. The van der Waals surface area contributed by atoms with E-state index < -0.39 is 6.10 Å². The molecule has 1 atom stereocenters. The van der Waals surface area contributed by atoms with Gasteiger partial charge < -0.3 is 5.11 Å². The van der Waals surface area contributed by atoms with Gasteiger partial charge in [0.25, 0.3) is 0 Å². The highest BCUT2D eigenvalue weighted by atomic mass is 16.3. The van der Waals surface area contributed by atoms with Crippen molar-refractivity contribution in [1.82, 2.24) is 0 Å². The van der Waals surface area contributed by atoms with Crippen LogP contribution in [-0.2, 0) is 4.79 Å². The van der Waals surface area contributed by atoms with E-state index in [1.165, 1.54) is 12.0 Å². The van der Waals surface area contributed by atoms with Gasteiger partial charge in [0.1, 0.15) is 0 Å². The van der Waals surface area contributed by atoms with Gasteiger partial charge in [0.2, 0.25) is 0 Å². The van der Waals surface area contributed by atoms with E-state index in [0.717, 1.165) is 18.4 Å². The first-order chi connectivity index (χ1) is 6.84. The summed E-state index contributed by atoms with van der Waals surface area (Å²) in [6.45, 7) is 7.98. The van der Waals surface area contributed by atoms with Gasteiger partial charge in [0.05, 0.1) is 6.10 Å². The zero-order valence-corrected chi connectivity index (χ0v) is 10.3. The van der Waals surface area contributed by atoms with Gasteiger partial charge in [-0.15, -0.1) is 0 Å². The van der Waals surface area contributed by atoms with E-state index in [2.05, 4.69) is 20.8 Å². The molecular weight excluding hydrogens is 188 g/mol. The minimum absolute atomic E-state index is 0.00565. The van der Waals surface area contributed by atoms with Gasteiger partial charge in [0.15, 0.2) is 5.78 Å². The average Bonchev–Trinajstić information content (AvgIpc) is 1.99. The molecule has 2 nitrogen and oxygen atoms in total. The van der Waals surface area contributed by atoms with Gasteiger partial charge in [-0.25, -0.2) is 0 Å². The maximum atomic E-state index is 12.0. The molecule has 1 aliphatic rings. The fourth-order valence-corrected chi connectivity index (χ4v) is 2.61. The SMILES string of the molecule is CC1=C(C(=O)CC(C)O)C(C)(C)CCC1. The molecule has 0 heterocycles. The molecule has 1 aliphatic carbocycles. The third-order valence-corrected chi connectivity index (χ3v) is 3.22. The molecular formula is C13H22O2. The van der Waals surface area contributed by atoms with Crippen molar-refractivity contribution in [2.45, 2.75) is 59.5 Å². The predicted molar refractivity (Wildman–Crippen MR) is 61.6 cm³/mol. The fourth-order valence-electron chi connectivity index (χ4n) is 2.61. The van der Waals surface area contributed by atoms with Crippen LogP contribution in [0.5, 0.6) is 0 Å². The van der Waals surface area contributed by atoms with E-state index in [0.29, 0.717) is 0 Å². The van der Waals surface area contributed by atoms with Crippen LogP contribution in [0.1, 0.15) is 53.4 Å². The second-order valence-corrected chi connectivity index (χ2v) is 5.37. The lowest BCUT2D eigenvalue weighted by Gasteiger charge is -2.33. The molecule has 0 aliphatic heterocycles. The molecule has 2 heteroatoms. The van der Waals surface area contributed by atoms with Crippen LogP contribution in [0.2, 0.25) is 0 Å². The molecule has 86 valence electrons.